The van der Waals surface area contributed by atoms with Crippen molar-refractivity contribution in [3.05, 3.63) is 71.7 Å². The SMILES string of the molecule is Cc1cccc(N2CCN(c3nc4cc(F)cc(F)c4c(Nc4cncc(N5CCOCC5)c4)c3C)CC2)n1. The van der Waals surface area contributed by atoms with Gasteiger partial charge < -0.3 is 24.8 Å². The zero-order valence-electron chi connectivity index (χ0n) is 22.1. The minimum absolute atomic E-state index is 0.261. The van der Waals surface area contributed by atoms with Gasteiger partial charge in [-0.05, 0) is 32.0 Å². The quantitative estimate of drug-likeness (QED) is 0.393. The number of rotatable bonds is 5. The summed E-state index contributed by atoms with van der Waals surface area (Å²) in [5.74, 6) is 0.364. The van der Waals surface area contributed by atoms with E-state index in [2.05, 4.69) is 30.0 Å². The molecule has 0 amide bonds. The van der Waals surface area contributed by atoms with E-state index in [9.17, 15) is 4.39 Å². The predicted octanol–water partition coefficient (Wildman–Crippen LogP) is 4.83. The van der Waals surface area contributed by atoms with Crippen molar-refractivity contribution in [3.8, 4) is 0 Å². The molecular formula is C29H31F2N7O. The molecule has 2 fully saturated rings. The molecule has 2 aliphatic rings. The Kier molecular flexibility index (Phi) is 6.86. The van der Waals surface area contributed by atoms with E-state index < -0.39 is 11.6 Å². The van der Waals surface area contributed by atoms with Crippen LogP contribution in [0.4, 0.5) is 37.5 Å². The molecule has 4 aromatic rings. The Bertz CT molecular complexity index is 1500. The molecule has 8 nitrogen and oxygen atoms in total. The first-order valence-corrected chi connectivity index (χ1v) is 13.2. The van der Waals surface area contributed by atoms with E-state index in [1.54, 1.807) is 6.20 Å². The molecule has 1 N–H and O–H groups in total. The van der Waals surface area contributed by atoms with Gasteiger partial charge in [-0.25, -0.2) is 18.7 Å². The van der Waals surface area contributed by atoms with Crippen molar-refractivity contribution in [3.63, 3.8) is 0 Å². The van der Waals surface area contributed by atoms with Gasteiger partial charge in [0.2, 0.25) is 0 Å². The third-order valence-electron chi connectivity index (χ3n) is 7.37. The van der Waals surface area contributed by atoms with E-state index >= 15 is 4.39 Å². The maximum atomic E-state index is 15.2. The zero-order chi connectivity index (χ0) is 26.9. The first-order chi connectivity index (χ1) is 19.0. The molecule has 3 aromatic heterocycles. The number of benzene rings is 1. The van der Waals surface area contributed by atoms with Gasteiger partial charge in [0.15, 0.2) is 0 Å². The second kappa shape index (κ2) is 10.6. The number of hydrogen-bond acceptors (Lipinski definition) is 8. The molecule has 202 valence electrons. The molecular weight excluding hydrogens is 500 g/mol. The number of pyridine rings is 3. The van der Waals surface area contributed by atoms with E-state index in [0.29, 0.717) is 37.8 Å². The Morgan fingerprint density at radius 1 is 0.846 bits per heavy atom. The third kappa shape index (κ3) is 5.16. The van der Waals surface area contributed by atoms with Gasteiger partial charge >= 0.3 is 0 Å². The molecule has 0 aliphatic carbocycles. The number of nitrogens with zero attached hydrogens (tertiary/aromatic N) is 6. The van der Waals surface area contributed by atoms with Crippen molar-refractivity contribution in [1.29, 1.82) is 0 Å². The van der Waals surface area contributed by atoms with Crippen LogP contribution in [0, 0.1) is 25.5 Å². The normalized spacial score (nSPS) is 16.2. The second-order valence-electron chi connectivity index (χ2n) is 9.98. The lowest BCUT2D eigenvalue weighted by atomic mass is 10.1. The van der Waals surface area contributed by atoms with E-state index in [0.717, 1.165) is 60.7 Å². The van der Waals surface area contributed by atoms with Gasteiger partial charge in [-0.1, -0.05) is 6.07 Å². The molecule has 39 heavy (non-hydrogen) atoms. The average molecular weight is 532 g/mol. The smallest absolute Gasteiger partial charge is 0.137 e. The molecule has 0 bridgehead atoms. The fourth-order valence-corrected chi connectivity index (χ4v) is 5.34. The molecule has 0 atom stereocenters. The lowest BCUT2D eigenvalue weighted by molar-refractivity contribution is 0.122. The number of anilines is 5. The average Bonchev–Trinajstić information content (AvgIpc) is 2.95. The molecule has 2 saturated heterocycles. The molecule has 5 heterocycles. The fraction of sp³-hybridized carbons (Fsp3) is 0.345. The highest BCUT2D eigenvalue weighted by Gasteiger charge is 2.24. The largest absolute Gasteiger partial charge is 0.378 e. The summed E-state index contributed by atoms with van der Waals surface area (Å²) in [5, 5.41) is 3.67. The van der Waals surface area contributed by atoms with Crippen LogP contribution in [0.5, 0.6) is 0 Å². The maximum Gasteiger partial charge on any atom is 0.137 e. The first-order valence-electron chi connectivity index (χ1n) is 13.2. The zero-order valence-corrected chi connectivity index (χ0v) is 22.1. The number of ether oxygens (including phenoxy) is 1. The molecule has 6 rings (SSSR count). The topological polar surface area (TPSA) is 69.7 Å². The van der Waals surface area contributed by atoms with Crippen molar-refractivity contribution in [2.24, 2.45) is 0 Å². The number of hydrogen-bond donors (Lipinski definition) is 1. The van der Waals surface area contributed by atoms with Gasteiger partial charge in [0, 0.05) is 62.7 Å². The summed E-state index contributed by atoms with van der Waals surface area (Å²) in [6, 6.07) is 10.2. The molecule has 10 heteroatoms. The molecule has 0 unspecified atom stereocenters. The first kappa shape index (κ1) is 25.2. The molecule has 2 aliphatic heterocycles. The molecule has 0 radical (unpaired) electrons. The van der Waals surface area contributed by atoms with Crippen molar-refractivity contribution in [1.82, 2.24) is 15.0 Å². The van der Waals surface area contributed by atoms with Crippen molar-refractivity contribution in [2.75, 3.05) is 72.5 Å². The second-order valence-corrected chi connectivity index (χ2v) is 9.98. The fourth-order valence-electron chi connectivity index (χ4n) is 5.34. The number of piperazine rings is 1. The van der Waals surface area contributed by atoms with Gasteiger partial charge in [0.1, 0.15) is 23.3 Å². The van der Waals surface area contributed by atoms with Gasteiger partial charge in [-0.3, -0.25) is 4.98 Å². The summed E-state index contributed by atoms with van der Waals surface area (Å²) in [7, 11) is 0. The maximum absolute atomic E-state index is 15.2. The standard InChI is InChI=1S/C29H31F2N7O/c1-19-4-3-5-26(33-19)37-6-8-38(9-7-37)29-20(2)28(27-24(31)14-21(30)15-25(27)35-29)34-22-16-23(18-32-17-22)36-10-12-39-13-11-36/h3-5,14-18H,6-13H2,1-2H3,(H,34,35). The Balaban J connectivity index is 1.34. The van der Waals surface area contributed by atoms with Crippen molar-refractivity contribution in [2.45, 2.75) is 13.8 Å². The van der Waals surface area contributed by atoms with Gasteiger partial charge in [0.05, 0.1) is 53.6 Å². The molecule has 0 saturated carbocycles. The summed E-state index contributed by atoms with van der Waals surface area (Å²) < 4.78 is 35.0. The number of nitrogens with one attached hydrogen (secondary N) is 1. The van der Waals surface area contributed by atoms with Crippen LogP contribution in [0.25, 0.3) is 10.9 Å². The highest BCUT2D eigenvalue weighted by atomic mass is 19.1. The van der Waals surface area contributed by atoms with E-state index in [1.165, 1.54) is 6.07 Å². The minimum Gasteiger partial charge on any atom is -0.378 e. The lowest BCUT2D eigenvalue weighted by Gasteiger charge is -2.37. The van der Waals surface area contributed by atoms with Crippen LogP contribution < -0.4 is 20.0 Å². The summed E-state index contributed by atoms with van der Waals surface area (Å²) in [4.78, 5) is 20.5. The monoisotopic (exact) mass is 531 g/mol. The number of morpholine rings is 1. The van der Waals surface area contributed by atoms with Crippen LogP contribution in [0.3, 0.4) is 0 Å². The Hall–Kier alpha value is -4.05. The Labute approximate surface area is 226 Å². The van der Waals surface area contributed by atoms with Gasteiger partial charge in [0.25, 0.3) is 0 Å². The van der Waals surface area contributed by atoms with Crippen LogP contribution in [-0.4, -0.2) is 67.4 Å². The molecule has 1 aromatic carbocycles. The number of halogens is 2. The van der Waals surface area contributed by atoms with E-state index in [-0.39, 0.29) is 10.9 Å². The minimum atomic E-state index is -0.653. The highest BCUT2D eigenvalue weighted by Crippen LogP contribution is 2.37. The molecule has 0 spiro atoms. The van der Waals surface area contributed by atoms with Crippen LogP contribution in [-0.2, 0) is 4.74 Å². The number of aromatic nitrogens is 3. The summed E-state index contributed by atoms with van der Waals surface area (Å²) in [5.41, 5.74) is 4.30. The number of fused-ring (bicyclic) bond motifs is 1. The summed E-state index contributed by atoms with van der Waals surface area (Å²) >= 11 is 0. The highest BCUT2D eigenvalue weighted by molar-refractivity contribution is 5.97. The third-order valence-corrected chi connectivity index (χ3v) is 7.37. The van der Waals surface area contributed by atoms with Crippen molar-refractivity contribution < 1.29 is 13.5 Å². The van der Waals surface area contributed by atoms with E-state index in [4.69, 9.17) is 9.72 Å². The Morgan fingerprint density at radius 3 is 2.38 bits per heavy atom. The van der Waals surface area contributed by atoms with Gasteiger partial charge in [-0.15, -0.1) is 0 Å². The summed E-state index contributed by atoms with van der Waals surface area (Å²) in [6.45, 7) is 9.76. The van der Waals surface area contributed by atoms with Gasteiger partial charge in [-0.2, -0.15) is 0 Å². The lowest BCUT2D eigenvalue weighted by Crippen LogP contribution is -2.47. The number of aryl methyl sites for hydroxylation is 1. The van der Waals surface area contributed by atoms with E-state index in [1.807, 2.05) is 44.3 Å². The van der Waals surface area contributed by atoms with Crippen LogP contribution in [0.1, 0.15) is 11.3 Å². The summed E-state index contributed by atoms with van der Waals surface area (Å²) in [6.07, 6.45) is 3.53. The van der Waals surface area contributed by atoms with Crippen LogP contribution in [0.15, 0.2) is 48.8 Å². The predicted molar refractivity (Wildman–Crippen MR) is 150 cm³/mol. The van der Waals surface area contributed by atoms with Crippen LogP contribution in [0.2, 0.25) is 0 Å². The Morgan fingerprint density at radius 2 is 1.62 bits per heavy atom. The van der Waals surface area contributed by atoms with Crippen LogP contribution >= 0.6 is 0 Å². The van der Waals surface area contributed by atoms with Crippen molar-refractivity contribution >= 4 is 39.6 Å².